The first-order valence-electron chi connectivity index (χ1n) is 9.77. The molecule has 2 aliphatic carbocycles. The van der Waals surface area contributed by atoms with Crippen molar-refractivity contribution in [2.24, 2.45) is 0 Å². The molecule has 0 aliphatic heterocycles. The molecule has 146 valence electrons. The molecule has 0 unspecified atom stereocenters. The van der Waals surface area contributed by atoms with Crippen LogP contribution in [0.3, 0.4) is 0 Å². The molecule has 2 fully saturated rings. The van der Waals surface area contributed by atoms with Crippen LogP contribution in [0, 0.1) is 0 Å². The van der Waals surface area contributed by atoms with E-state index in [2.05, 4.69) is 10.3 Å². The summed E-state index contributed by atoms with van der Waals surface area (Å²) in [4.78, 5) is 13.8. The minimum atomic E-state index is -3.10. The number of sulfone groups is 1. The van der Waals surface area contributed by atoms with Crippen LogP contribution in [0.25, 0.3) is 21.6 Å². The van der Waals surface area contributed by atoms with Gasteiger partial charge < -0.3 is 5.32 Å². The van der Waals surface area contributed by atoms with E-state index in [9.17, 15) is 8.42 Å². The topological polar surface area (TPSA) is 84.8 Å². The summed E-state index contributed by atoms with van der Waals surface area (Å²) in [6.07, 6.45) is 8.05. The maximum Gasteiger partial charge on any atom is 0.162 e. The van der Waals surface area contributed by atoms with Crippen LogP contribution in [-0.4, -0.2) is 34.7 Å². The highest BCUT2D eigenvalue weighted by Crippen LogP contribution is 2.33. The van der Waals surface area contributed by atoms with Crippen LogP contribution in [0.15, 0.2) is 29.8 Å². The fourth-order valence-electron chi connectivity index (χ4n) is 3.80. The molecular formula is C20H22N4O2S2. The van der Waals surface area contributed by atoms with Gasteiger partial charge in [0, 0.05) is 17.8 Å². The first-order chi connectivity index (χ1) is 13.6. The van der Waals surface area contributed by atoms with Crippen molar-refractivity contribution >= 4 is 37.2 Å². The highest BCUT2D eigenvalue weighted by atomic mass is 32.2. The molecule has 0 spiro atoms. The van der Waals surface area contributed by atoms with Gasteiger partial charge in [0.05, 0.1) is 26.9 Å². The number of nitrogens with one attached hydrogen (secondary N) is 1. The monoisotopic (exact) mass is 414 g/mol. The summed E-state index contributed by atoms with van der Waals surface area (Å²) < 4.78 is 25.7. The second-order valence-corrected chi connectivity index (χ2v) is 10.9. The van der Waals surface area contributed by atoms with Crippen molar-refractivity contribution in [3.05, 3.63) is 35.5 Å². The number of thiophene rings is 1. The van der Waals surface area contributed by atoms with Gasteiger partial charge in [-0.3, -0.25) is 4.98 Å². The van der Waals surface area contributed by atoms with E-state index in [4.69, 9.17) is 9.97 Å². The van der Waals surface area contributed by atoms with Gasteiger partial charge in [0.15, 0.2) is 15.7 Å². The Morgan fingerprint density at radius 1 is 1.11 bits per heavy atom. The Balaban J connectivity index is 1.49. The van der Waals surface area contributed by atoms with E-state index in [1.807, 2.05) is 23.6 Å². The van der Waals surface area contributed by atoms with Crippen molar-refractivity contribution in [2.75, 3.05) is 5.32 Å². The van der Waals surface area contributed by atoms with Crippen LogP contribution in [0.4, 0.5) is 5.82 Å². The third-order valence-corrected chi connectivity index (χ3v) is 8.55. The van der Waals surface area contributed by atoms with Gasteiger partial charge >= 0.3 is 0 Å². The molecule has 5 rings (SSSR count). The molecule has 3 aromatic heterocycles. The standard InChI is InChI=1S/C20H22N4O2S2/c25-28(26,16-5-6-16)12-15-11-13(7-9-21-15)19-23-17-8-10-27-18(17)20(24-19)22-14-3-1-2-4-14/h7-11,14,16H,1-6,12H2,(H,22,23,24). The lowest BCUT2D eigenvalue weighted by Crippen LogP contribution is -2.16. The number of anilines is 1. The van der Waals surface area contributed by atoms with Crippen LogP contribution in [0.2, 0.25) is 0 Å². The number of pyridine rings is 1. The van der Waals surface area contributed by atoms with Crippen LogP contribution in [0.5, 0.6) is 0 Å². The zero-order chi connectivity index (χ0) is 19.1. The Bertz CT molecular complexity index is 1120. The summed E-state index contributed by atoms with van der Waals surface area (Å²) in [6.45, 7) is 0. The van der Waals surface area contributed by atoms with Gasteiger partial charge in [-0.1, -0.05) is 12.8 Å². The van der Waals surface area contributed by atoms with Gasteiger partial charge in [-0.15, -0.1) is 11.3 Å². The highest BCUT2D eigenvalue weighted by molar-refractivity contribution is 7.91. The minimum Gasteiger partial charge on any atom is -0.366 e. The van der Waals surface area contributed by atoms with E-state index >= 15 is 0 Å². The zero-order valence-corrected chi connectivity index (χ0v) is 17.1. The fourth-order valence-corrected chi connectivity index (χ4v) is 6.25. The smallest absolute Gasteiger partial charge is 0.162 e. The van der Waals surface area contributed by atoms with Crippen molar-refractivity contribution in [1.29, 1.82) is 0 Å². The molecule has 0 bridgehead atoms. The summed E-state index contributed by atoms with van der Waals surface area (Å²) >= 11 is 1.64. The molecule has 1 N–H and O–H groups in total. The maximum atomic E-state index is 12.3. The van der Waals surface area contributed by atoms with Gasteiger partial charge in [-0.25, -0.2) is 18.4 Å². The number of hydrogen-bond donors (Lipinski definition) is 1. The number of fused-ring (bicyclic) bond motifs is 1. The van der Waals surface area contributed by atoms with E-state index in [0.29, 0.717) is 17.6 Å². The van der Waals surface area contributed by atoms with Crippen molar-refractivity contribution in [1.82, 2.24) is 15.0 Å². The first-order valence-corrected chi connectivity index (χ1v) is 12.4. The Kier molecular flexibility index (Phi) is 4.55. The third-order valence-electron chi connectivity index (χ3n) is 5.46. The summed E-state index contributed by atoms with van der Waals surface area (Å²) in [5.74, 6) is 1.48. The Morgan fingerprint density at radius 3 is 2.71 bits per heavy atom. The van der Waals surface area contributed by atoms with Crippen molar-refractivity contribution in [2.45, 2.75) is 55.6 Å². The molecule has 0 amide bonds. The Hall–Kier alpha value is -2.06. The Labute approximate surface area is 168 Å². The summed E-state index contributed by atoms with van der Waals surface area (Å²) in [5.41, 5.74) is 2.28. The second-order valence-electron chi connectivity index (χ2n) is 7.70. The SMILES string of the molecule is O=S(=O)(Cc1cc(-c2nc(NC3CCCC3)c3sccc3n2)ccn1)C1CC1. The van der Waals surface area contributed by atoms with Crippen molar-refractivity contribution < 1.29 is 8.42 Å². The molecular weight excluding hydrogens is 392 g/mol. The Morgan fingerprint density at radius 2 is 1.93 bits per heavy atom. The second kappa shape index (κ2) is 7.08. The minimum absolute atomic E-state index is 0.0145. The molecule has 3 heterocycles. The third kappa shape index (κ3) is 3.63. The predicted molar refractivity (Wildman–Crippen MR) is 112 cm³/mol. The summed E-state index contributed by atoms with van der Waals surface area (Å²) in [7, 11) is -3.10. The molecule has 6 nitrogen and oxygen atoms in total. The molecule has 0 atom stereocenters. The number of nitrogens with zero attached hydrogens (tertiary/aromatic N) is 3. The fraction of sp³-hybridized carbons (Fsp3) is 0.450. The number of hydrogen-bond acceptors (Lipinski definition) is 7. The average molecular weight is 415 g/mol. The van der Waals surface area contributed by atoms with E-state index in [0.717, 1.165) is 34.4 Å². The van der Waals surface area contributed by atoms with Crippen LogP contribution in [0.1, 0.15) is 44.2 Å². The molecule has 2 aliphatic rings. The molecule has 0 saturated heterocycles. The van der Waals surface area contributed by atoms with E-state index in [-0.39, 0.29) is 11.0 Å². The van der Waals surface area contributed by atoms with Crippen LogP contribution < -0.4 is 5.32 Å². The van der Waals surface area contributed by atoms with E-state index in [1.165, 1.54) is 25.7 Å². The van der Waals surface area contributed by atoms with Gasteiger partial charge in [0.1, 0.15) is 5.82 Å². The van der Waals surface area contributed by atoms with Crippen LogP contribution >= 0.6 is 11.3 Å². The average Bonchev–Trinajstić information content (AvgIpc) is 3.23. The van der Waals surface area contributed by atoms with Gasteiger partial charge in [0.25, 0.3) is 0 Å². The van der Waals surface area contributed by atoms with Gasteiger partial charge in [-0.2, -0.15) is 0 Å². The summed E-state index contributed by atoms with van der Waals surface area (Å²) in [5, 5.41) is 5.45. The summed E-state index contributed by atoms with van der Waals surface area (Å²) in [6, 6.07) is 6.13. The molecule has 2 saturated carbocycles. The lowest BCUT2D eigenvalue weighted by molar-refractivity contribution is 0.593. The lowest BCUT2D eigenvalue weighted by atomic mass is 10.2. The molecule has 8 heteroatoms. The maximum absolute atomic E-state index is 12.3. The normalized spacial score (nSPS) is 18.0. The molecule has 0 radical (unpaired) electrons. The van der Waals surface area contributed by atoms with Crippen LogP contribution in [-0.2, 0) is 15.6 Å². The predicted octanol–water partition coefficient (Wildman–Crippen LogP) is 4.19. The van der Waals surface area contributed by atoms with Gasteiger partial charge in [-0.05, 0) is 49.3 Å². The largest absolute Gasteiger partial charge is 0.366 e. The van der Waals surface area contributed by atoms with Gasteiger partial charge in [0.2, 0.25) is 0 Å². The quantitative estimate of drug-likeness (QED) is 0.651. The van der Waals surface area contributed by atoms with Crippen molar-refractivity contribution in [3.63, 3.8) is 0 Å². The zero-order valence-electron chi connectivity index (χ0n) is 15.5. The van der Waals surface area contributed by atoms with E-state index < -0.39 is 9.84 Å². The van der Waals surface area contributed by atoms with E-state index in [1.54, 1.807) is 17.5 Å². The van der Waals surface area contributed by atoms with Crippen molar-refractivity contribution in [3.8, 4) is 11.4 Å². The first kappa shape index (κ1) is 18.0. The number of rotatable bonds is 6. The molecule has 28 heavy (non-hydrogen) atoms. The highest BCUT2D eigenvalue weighted by Gasteiger charge is 2.35. The molecule has 3 aromatic rings. The number of aromatic nitrogens is 3. The molecule has 0 aromatic carbocycles. The lowest BCUT2D eigenvalue weighted by Gasteiger charge is -2.14.